The fraction of sp³-hybridized carbons (Fsp3) is 0.429. The van der Waals surface area contributed by atoms with E-state index in [0.29, 0.717) is 18.4 Å². The van der Waals surface area contributed by atoms with Gasteiger partial charge in [-0.2, -0.15) is 0 Å². The van der Waals surface area contributed by atoms with Crippen molar-refractivity contribution in [1.29, 1.82) is 0 Å². The van der Waals surface area contributed by atoms with Gasteiger partial charge in [0.2, 0.25) is 5.96 Å². The van der Waals surface area contributed by atoms with Crippen LogP contribution in [0.3, 0.4) is 0 Å². The number of allylic oxidation sites excluding steroid dienone is 4. The van der Waals surface area contributed by atoms with E-state index in [0.717, 1.165) is 12.1 Å². The lowest BCUT2D eigenvalue weighted by molar-refractivity contribution is 0.704. The normalized spacial score (nSPS) is 21.9. The van der Waals surface area contributed by atoms with Crippen LogP contribution in [0.2, 0.25) is 0 Å². The third-order valence-corrected chi connectivity index (χ3v) is 2.83. The monoisotopic (exact) mass is 231 g/mol. The van der Waals surface area contributed by atoms with E-state index in [9.17, 15) is 0 Å². The van der Waals surface area contributed by atoms with Crippen LogP contribution in [0, 0.1) is 5.92 Å². The zero-order valence-electron chi connectivity index (χ0n) is 10.9. The number of guanidine groups is 1. The number of hydrogen-bond acceptors (Lipinski definition) is 1. The summed E-state index contributed by atoms with van der Waals surface area (Å²) in [5.41, 5.74) is 9.24. The van der Waals surface area contributed by atoms with Crippen molar-refractivity contribution in [2.45, 2.75) is 27.2 Å². The summed E-state index contributed by atoms with van der Waals surface area (Å²) < 4.78 is 0. The van der Waals surface area contributed by atoms with Gasteiger partial charge in [-0.3, -0.25) is 0 Å². The molecule has 1 aliphatic rings. The molecule has 1 atom stereocenters. The highest BCUT2D eigenvalue weighted by Gasteiger charge is 2.16. The molecule has 0 bridgehead atoms. The van der Waals surface area contributed by atoms with E-state index >= 15 is 0 Å². The van der Waals surface area contributed by atoms with E-state index in [1.807, 2.05) is 6.92 Å². The van der Waals surface area contributed by atoms with Gasteiger partial charge in [-0.15, -0.1) is 6.58 Å². The summed E-state index contributed by atoms with van der Waals surface area (Å²) in [6.45, 7) is 10.4. The van der Waals surface area contributed by atoms with Crippen molar-refractivity contribution >= 4 is 11.7 Å². The standard InChI is InChI=1S/C14H21N3/c1-5-9-16-14(15)17-12(4)13-10(2)7-6-8-11(13)3/h5-7,11H,1,8-9H2,2-4H3,(H2,15,16)/b17-12+. The van der Waals surface area contributed by atoms with Crippen molar-refractivity contribution in [3.8, 4) is 0 Å². The highest BCUT2D eigenvalue weighted by molar-refractivity contribution is 6.06. The second-order valence-electron chi connectivity index (χ2n) is 4.32. The molecule has 0 aromatic carbocycles. The molecule has 1 unspecified atom stereocenters. The average Bonchev–Trinajstić information content (AvgIpc) is 2.26. The van der Waals surface area contributed by atoms with Gasteiger partial charge in [0.15, 0.2) is 0 Å². The highest BCUT2D eigenvalue weighted by Crippen LogP contribution is 2.25. The zero-order valence-corrected chi connectivity index (χ0v) is 10.9. The van der Waals surface area contributed by atoms with Gasteiger partial charge in [0.1, 0.15) is 0 Å². The molecule has 3 heteroatoms. The molecule has 17 heavy (non-hydrogen) atoms. The van der Waals surface area contributed by atoms with E-state index in [1.165, 1.54) is 11.1 Å². The first-order chi connectivity index (χ1) is 8.06. The van der Waals surface area contributed by atoms with Crippen LogP contribution in [-0.2, 0) is 0 Å². The summed E-state index contributed by atoms with van der Waals surface area (Å²) in [6.07, 6.45) is 7.11. The van der Waals surface area contributed by atoms with Gasteiger partial charge in [-0.25, -0.2) is 9.98 Å². The number of rotatable bonds is 3. The van der Waals surface area contributed by atoms with Crippen molar-refractivity contribution < 1.29 is 0 Å². The van der Waals surface area contributed by atoms with Crippen LogP contribution < -0.4 is 5.73 Å². The summed E-state index contributed by atoms with van der Waals surface area (Å²) in [4.78, 5) is 8.42. The van der Waals surface area contributed by atoms with E-state index in [2.05, 4.69) is 42.6 Å². The van der Waals surface area contributed by atoms with Crippen LogP contribution in [0.4, 0.5) is 0 Å². The van der Waals surface area contributed by atoms with Crippen LogP contribution in [0.25, 0.3) is 0 Å². The summed E-state index contributed by atoms with van der Waals surface area (Å²) >= 11 is 0. The number of nitrogens with two attached hydrogens (primary N) is 1. The molecule has 0 amide bonds. The molecule has 1 rings (SSSR count). The molecule has 0 saturated heterocycles. The second-order valence-corrected chi connectivity index (χ2v) is 4.32. The molecule has 0 saturated carbocycles. The zero-order chi connectivity index (χ0) is 12.8. The van der Waals surface area contributed by atoms with E-state index < -0.39 is 0 Å². The topological polar surface area (TPSA) is 50.7 Å². The van der Waals surface area contributed by atoms with Crippen molar-refractivity contribution in [2.75, 3.05) is 6.54 Å². The smallest absolute Gasteiger partial charge is 0.215 e. The van der Waals surface area contributed by atoms with E-state index in [1.54, 1.807) is 6.08 Å². The molecule has 0 aromatic heterocycles. The van der Waals surface area contributed by atoms with Crippen LogP contribution >= 0.6 is 0 Å². The van der Waals surface area contributed by atoms with E-state index in [-0.39, 0.29) is 0 Å². The van der Waals surface area contributed by atoms with E-state index in [4.69, 9.17) is 5.73 Å². The molecular formula is C14H21N3. The average molecular weight is 231 g/mol. The number of hydrogen-bond donors (Lipinski definition) is 1. The molecule has 0 heterocycles. The van der Waals surface area contributed by atoms with Crippen LogP contribution in [0.5, 0.6) is 0 Å². The minimum atomic E-state index is 0.324. The van der Waals surface area contributed by atoms with Crippen LogP contribution in [0.15, 0.2) is 45.9 Å². The fourth-order valence-electron chi connectivity index (χ4n) is 2.11. The summed E-state index contributed by atoms with van der Waals surface area (Å²) in [6, 6.07) is 0. The number of nitrogens with zero attached hydrogens (tertiary/aromatic N) is 2. The molecule has 0 radical (unpaired) electrons. The molecular weight excluding hydrogens is 210 g/mol. The predicted molar refractivity (Wildman–Crippen MR) is 75.4 cm³/mol. The third-order valence-electron chi connectivity index (χ3n) is 2.83. The SMILES string of the molecule is C=CC/N=C(N)\N=C(/C)C1=C(C)C=CCC1C. The lowest BCUT2D eigenvalue weighted by Crippen LogP contribution is -2.17. The molecule has 0 aliphatic heterocycles. The highest BCUT2D eigenvalue weighted by atomic mass is 15.0. The van der Waals surface area contributed by atoms with Gasteiger partial charge >= 0.3 is 0 Å². The quantitative estimate of drug-likeness (QED) is 0.453. The second kappa shape index (κ2) is 6.18. The Morgan fingerprint density at radius 2 is 2.35 bits per heavy atom. The third kappa shape index (κ3) is 3.70. The molecule has 0 spiro atoms. The Morgan fingerprint density at radius 1 is 1.65 bits per heavy atom. The van der Waals surface area contributed by atoms with Gasteiger partial charge in [0.05, 0.1) is 6.54 Å². The lowest BCUT2D eigenvalue weighted by Gasteiger charge is -2.20. The maximum absolute atomic E-state index is 5.73. The summed E-state index contributed by atoms with van der Waals surface area (Å²) in [7, 11) is 0. The fourth-order valence-corrected chi connectivity index (χ4v) is 2.11. The Balaban J connectivity index is 2.95. The van der Waals surface area contributed by atoms with Crippen molar-refractivity contribution in [2.24, 2.45) is 21.6 Å². The van der Waals surface area contributed by atoms with Gasteiger partial charge < -0.3 is 5.73 Å². The van der Waals surface area contributed by atoms with Crippen molar-refractivity contribution in [1.82, 2.24) is 0 Å². The lowest BCUT2D eigenvalue weighted by atomic mass is 9.86. The Morgan fingerprint density at radius 3 is 2.94 bits per heavy atom. The van der Waals surface area contributed by atoms with Gasteiger partial charge in [-0.1, -0.05) is 25.2 Å². The Bertz CT molecular complexity index is 411. The van der Waals surface area contributed by atoms with Gasteiger partial charge in [0.25, 0.3) is 0 Å². The van der Waals surface area contributed by atoms with Crippen molar-refractivity contribution in [3.63, 3.8) is 0 Å². The van der Waals surface area contributed by atoms with Gasteiger partial charge in [-0.05, 0) is 37.3 Å². The molecule has 1 aliphatic carbocycles. The first-order valence-electron chi connectivity index (χ1n) is 5.90. The largest absolute Gasteiger partial charge is 0.368 e. The van der Waals surface area contributed by atoms with Gasteiger partial charge in [0, 0.05) is 5.71 Å². The molecule has 0 fully saturated rings. The first-order valence-corrected chi connectivity index (χ1v) is 5.90. The maximum atomic E-state index is 5.73. The van der Waals surface area contributed by atoms with Crippen LogP contribution in [0.1, 0.15) is 27.2 Å². The summed E-state index contributed by atoms with van der Waals surface area (Å²) in [5, 5.41) is 0. The molecule has 2 N–H and O–H groups in total. The maximum Gasteiger partial charge on any atom is 0.215 e. The molecule has 0 aromatic rings. The van der Waals surface area contributed by atoms with Crippen molar-refractivity contribution in [3.05, 3.63) is 36.0 Å². The molecule has 92 valence electrons. The van der Waals surface area contributed by atoms with Crippen LogP contribution in [-0.4, -0.2) is 18.2 Å². The molecule has 3 nitrogen and oxygen atoms in total. The minimum absolute atomic E-state index is 0.324. The Labute approximate surface area is 104 Å². The summed E-state index contributed by atoms with van der Waals surface area (Å²) in [5.74, 6) is 0.820. The Hall–Kier alpha value is -1.64. The first kappa shape index (κ1) is 13.4. The predicted octanol–water partition coefficient (Wildman–Crippen LogP) is 2.86. The Kier molecular flexibility index (Phi) is 4.88. The minimum Gasteiger partial charge on any atom is -0.368 e. The number of aliphatic imine (C=N–C) groups is 2.